The fraction of sp³-hybridized carbons (Fsp3) is 0.318. The molecule has 0 saturated carbocycles. The van der Waals surface area contributed by atoms with Crippen LogP contribution in [-0.2, 0) is 0 Å². The lowest BCUT2D eigenvalue weighted by atomic mass is 10.1. The minimum absolute atomic E-state index is 0.114. The van der Waals surface area contributed by atoms with Crippen molar-refractivity contribution in [3.05, 3.63) is 54.2 Å². The summed E-state index contributed by atoms with van der Waals surface area (Å²) in [6.45, 7) is 0.498. The van der Waals surface area contributed by atoms with Crippen LogP contribution in [0.15, 0.2) is 48.7 Å². The Morgan fingerprint density at radius 3 is 2.66 bits per heavy atom. The Labute approximate surface area is 181 Å². The fourth-order valence-electron chi connectivity index (χ4n) is 4.25. The van der Waals surface area contributed by atoms with Gasteiger partial charge in [0.2, 0.25) is 0 Å². The molecule has 1 fully saturated rings. The monoisotopic (exact) mass is 442 g/mol. The van der Waals surface area contributed by atoms with E-state index in [1.165, 1.54) is 17.2 Å². The Balaban J connectivity index is 1.60. The van der Waals surface area contributed by atoms with Crippen LogP contribution in [0, 0.1) is 0 Å². The molecule has 0 bridgehead atoms. The second-order valence-electron chi connectivity index (χ2n) is 7.96. The van der Waals surface area contributed by atoms with Crippen LogP contribution in [0.25, 0.3) is 28.1 Å². The van der Waals surface area contributed by atoms with Crippen molar-refractivity contribution in [1.82, 2.24) is 24.5 Å². The zero-order valence-corrected chi connectivity index (χ0v) is 17.3. The number of methoxy groups -OCH3 is 1. The third-order valence-corrected chi connectivity index (χ3v) is 5.80. The molecule has 32 heavy (non-hydrogen) atoms. The van der Waals surface area contributed by atoms with Gasteiger partial charge in [-0.3, -0.25) is 9.30 Å². The SMILES string of the molecule is COc1ccc2ccc(-c3nnc4ccc(C(N5CCC(N)C5)C(F)(F)F)cn34)nc2c1. The van der Waals surface area contributed by atoms with E-state index >= 15 is 0 Å². The molecule has 4 aromatic rings. The highest BCUT2D eigenvalue weighted by atomic mass is 19.4. The van der Waals surface area contributed by atoms with Crippen LogP contribution in [0.4, 0.5) is 13.2 Å². The first kappa shape index (κ1) is 20.7. The van der Waals surface area contributed by atoms with Crippen molar-refractivity contribution in [3.8, 4) is 17.3 Å². The predicted octanol–water partition coefficient (Wildman–Crippen LogP) is 3.59. The van der Waals surface area contributed by atoms with Gasteiger partial charge in [-0.15, -0.1) is 10.2 Å². The van der Waals surface area contributed by atoms with Gasteiger partial charge in [-0.2, -0.15) is 13.2 Å². The maximum atomic E-state index is 14.0. The molecule has 10 heteroatoms. The number of hydrogen-bond acceptors (Lipinski definition) is 6. The van der Waals surface area contributed by atoms with Crippen molar-refractivity contribution in [2.24, 2.45) is 5.73 Å². The molecule has 5 rings (SSSR count). The highest BCUT2D eigenvalue weighted by molar-refractivity contribution is 5.82. The molecule has 3 aromatic heterocycles. The van der Waals surface area contributed by atoms with E-state index in [2.05, 4.69) is 15.2 Å². The van der Waals surface area contributed by atoms with Gasteiger partial charge in [-0.05, 0) is 36.2 Å². The number of pyridine rings is 2. The normalized spacial score (nSPS) is 18.5. The smallest absolute Gasteiger partial charge is 0.408 e. The molecule has 0 amide bonds. The maximum absolute atomic E-state index is 14.0. The lowest BCUT2D eigenvalue weighted by Crippen LogP contribution is -2.38. The molecular weight excluding hydrogens is 421 g/mol. The minimum Gasteiger partial charge on any atom is -0.497 e. The van der Waals surface area contributed by atoms with Gasteiger partial charge in [0.15, 0.2) is 11.5 Å². The average molecular weight is 442 g/mol. The number of nitrogens with zero attached hydrogens (tertiary/aromatic N) is 5. The predicted molar refractivity (Wildman–Crippen MR) is 113 cm³/mol. The molecule has 0 aliphatic carbocycles. The van der Waals surface area contributed by atoms with E-state index in [4.69, 9.17) is 10.5 Å². The number of alkyl halides is 3. The Morgan fingerprint density at radius 2 is 1.94 bits per heavy atom. The Kier molecular flexibility index (Phi) is 4.98. The highest BCUT2D eigenvalue weighted by Gasteiger charge is 2.46. The van der Waals surface area contributed by atoms with Gasteiger partial charge < -0.3 is 10.5 Å². The lowest BCUT2D eigenvalue weighted by Gasteiger charge is -2.30. The average Bonchev–Trinajstić information content (AvgIpc) is 3.38. The van der Waals surface area contributed by atoms with E-state index in [0.29, 0.717) is 41.4 Å². The maximum Gasteiger partial charge on any atom is 0.408 e. The van der Waals surface area contributed by atoms with E-state index in [0.717, 1.165) is 5.39 Å². The number of aromatic nitrogens is 4. The number of hydrogen-bond donors (Lipinski definition) is 1. The molecule has 2 unspecified atom stereocenters. The van der Waals surface area contributed by atoms with Crippen LogP contribution < -0.4 is 10.5 Å². The molecule has 0 spiro atoms. The first-order chi connectivity index (χ1) is 15.3. The Morgan fingerprint density at radius 1 is 1.12 bits per heavy atom. The van der Waals surface area contributed by atoms with Crippen LogP contribution >= 0.6 is 0 Å². The fourth-order valence-corrected chi connectivity index (χ4v) is 4.25. The summed E-state index contributed by atoms with van der Waals surface area (Å²) in [7, 11) is 1.57. The van der Waals surface area contributed by atoms with Gasteiger partial charge in [0, 0.05) is 36.8 Å². The number of rotatable bonds is 4. The largest absolute Gasteiger partial charge is 0.497 e. The topological polar surface area (TPSA) is 81.6 Å². The molecule has 1 aliphatic heterocycles. The minimum atomic E-state index is -4.44. The summed E-state index contributed by atoms with van der Waals surface area (Å²) in [5.41, 5.74) is 7.62. The van der Waals surface area contributed by atoms with E-state index < -0.39 is 12.2 Å². The van der Waals surface area contributed by atoms with Crippen molar-refractivity contribution in [1.29, 1.82) is 0 Å². The molecule has 1 aromatic carbocycles. The van der Waals surface area contributed by atoms with E-state index in [1.54, 1.807) is 29.7 Å². The van der Waals surface area contributed by atoms with Crippen molar-refractivity contribution >= 4 is 16.6 Å². The molecule has 7 nitrogen and oxygen atoms in total. The van der Waals surface area contributed by atoms with E-state index in [9.17, 15) is 13.2 Å². The third-order valence-electron chi connectivity index (χ3n) is 5.80. The second kappa shape index (κ2) is 7.72. The van der Waals surface area contributed by atoms with Crippen molar-refractivity contribution in [2.45, 2.75) is 24.7 Å². The number of halogens is 3. The van der Waals surface area contributed by atoms with Crippen molar-refractivity contribution in [3.63, 3.8) is 0 Å². The zero-order chi connectivity index (χ0) is 22.5. The zero-order valence-electron chi connectivity index (χ0n) is 17.3. The third kappa shape index (κ3) is 3.65. The molecule has 1 aliphatic rings. The number of likely N-dealkylation sites (tertiary alicyclic amines) is 1. The summed E-state index contributed by atoms with van der Waals surface area (Å²) < 4.78 is 48.9. The van der Waals surface area contributed by atoms with Gasteiger partial charge in [0.25, 0.3) is 0 Å². The number of nitrogens with two attached hydrogens (primary N) is 1. The van der Waals surface area contributed by atoms with Gasteiger partial charge in [0.1, 0.15) is 17.5 Å². The molecule has 0 radical (unpaired) electrons. The Hall–Kier alpha value is -3.24. The highest BCUT2D eigenvalue weighted by Crippen LogP contribution is 2.39. The lowest BCUT2D eigenvalue weighted by molar-refractivity contribution is -0.183. The van der Waals surface area contributed by atoms with Crippen LogP contribution in [0.5, 0.6) is 5.75 Å². The van der Waals surface area contributed by atoms with Crippen LogP contribution in [0.3, 0.4) is 0 Å². The molecule has 1 saturated heterocycles. The summed E-state index contributed by atoms with van der Waals surface area (Å²) in [4.78, 5) is 6.02. The molecule has 2 atom stereocenters. The first-order valence-corrected chi connectivity index (χ1v) is 10.2. The number of benzene rings is 1. The van der Waals surface area contributed by atoms with Gasteiger partial charge in [-0.25, -0.2) is 4.98 Å². The standard InChI is InChI=1S/C22H21F3N6O/c1-32-16-5-2-13-3-6-17(27-18(13)10-16)21-29-28-19-7-4-14(11-31(19)21)20(22(23,24)25)30-9-8-15(26)12-30/h2-7,10-11,15,20H,8-9,12,26H2,1H3. The van der Waals surface area contributed by atoms with Crippen LogP contribution in [0.1, 0.15) is 18.0 Å². The van der Waals surface area contributed by atoms with Gasteiger partial charge in [-0.1, -0.05) is 12.1 Å². The van der Waals surface area contributed by atoms with Gasteiger partial charge in [0.05, 0.1) is 12.6 Å². The molecule has 4 heterocycles. The second-order valence-corrected chi connectivity index (χ2v) is 7.96. The summed E-state index contributed by atoms with van der Waals surface area (Å²) in [6.07, 6.45) is -2.45. The molecule has 166 valence electrons. The van der Waals surface area contributed by atoms with Crippen LogP contribution in [0.2, 0.25) is 0 Å². The molecule has 2 N–H and O–H groups in total. The number of fused-ring (bicyclic) bond motifs is 2. The quantitative estimate of drug-likeness (QED) is 0.520. The summed E-state index contributed by atoms with van der Waals surface area (Å²) >= 11 is 0. The summed E-state index contributed by atoms with van der Waals surface area (Å²) in [5, 5.41) is 9.21. The summed E-state index contributed by atoms with van der Waals surface area (Å²) in [5.74, 6) is 1.03. The summed E-state index contributed by atoms with van der Waals surface area (Å²) in [6, 6.07) is 10.2. The first-order valence-electron chi connectivity index (χ1n) is 10.2. The van der Waals surface area contributed by atoms with Crippen molar-refractivity contribution in [2.75, 3.05) is 20.2 Å². The van der Waals surface area contributed by atoms with Crippen LogP contribution in [-0.4, -0.2) is 56.9 Å². The number of ether oxygens (including phenoxy) is 1. The van der Waals surface area contributed by atoms with Crippen molar-refractivity contribution < 1.29 is 17.9 Å². The van der Waals surface area contributed by atoms with E-state index in [1.807, 2.05) is 18.2 Å². The molecular formula is C22H21F3N6O. The Bertz CT molecular complexity index is 1290. The van der Waals surface area contributed by atoms with E-state index in [-0.39, 0.29) is 18.2 Å². The van der Waals surface area contributed by atoms with Gasteiger partial charge >= 0.3 is 6.18 Å².